The Morgan fingerprint density at radius 1 is 1.16 bits per heavy atom. The van der Waals surface area contributed by atoms with Crippen LogP contribution in [-0.4, -0.2) is 83.9 Å². The first-order valence-corrected chi connectivity index (χ1v) is 16.1. The van der Waals surface area contributed by atoms with Gasteiger partial charge in [0.05, 0.1) is 30.8 Å². The van der Waals surface area contributed by atoms with Crippen LogP contribution >= 0.6 is 0 Å². The zero-order valence-corrected chi connectivity index (χ0v) is 27.3. The summed E-state index contributed by atoms with van der Waals surface area (Å²) in [6, 6.07) is 6.17. The summed E-state index contributed by atoms with van der Waals surface area (Å²) in [5.41, 5.74) is -0.488. The molecule has 1 aromatic carbocycles. The highest BCUT2D eigenvalue weighted by atomic mass is 16.6. The number of nitrogens with zero attached hydrogens (tertiary/aromatic N) is 3. The number of amides is 2. The minimum atomic E-state index is -1.24. The maximum atomic E-state index is 14.9. The molecule has 0 aliphatic carbocycles. The number of ether oxygens (including phenoxy) is 2. The minimum absolute atomic E-state index is 0.113. The number of anilines is 2. The SMILES string of the molecule is C=CCCOC(=O)[C@H]1[C@H]2C(=O)N([C@@H](CO)CC(C)C)C(C(=O)N(CC=C)c3ccc(N(CC)CC)cc3)C23CC(C)[C@]1(C)O3. The summed E-state index contributed by atoms with van der Waals surface area (Å²) in [5.74, 6) is -2.87. The summed E-state index contributed by atoms with van der Waals surface area (Å²) in [4.78, 5) is 48.6. The summed E-state index contributed by atoms with van der Waals surface area (Å²) >= 11 is 0. The highest BCUT2D eigenvalue weighted by Gasteiger charge is 2.80. The molecular weight excluding hydrogens is 558 g/mol. The van der Waals surface area contributed by atoms with Gasteiger partial charge in [0.2, 0.25) is 5.91 Å². The predicted octanol–water partition coefficient (Wildman–Crippen LogP) is 4.59. The second kappa shape index (κ2) is 13.4. The van der Waals surface area contributed by atoms with Crippen LogP contribution in [0.2, 0.25) is 0 Å². The number of carbonyl (C=O) groups excluding carboxylic acids is 3. The standard InChI is InChI=1S/C35H51N3O6/c1-9-13-19-43-33(42)29-28-31(40)38(27(22-39)20-23(5)6)30(35(28)21-24(7)34(29,8)44-35)32(41)37(18-10-2)26-16-14-25(15-17-26)36(11-3)12-4/h9-10,14-17,23-24,27-30,39H,1-2,11-13,18-22H2,3-8H3/t24?,27-,28+,29-,30?,34+,35?/m1/s1. The topological polar surface area (TPSA) is 99.6 Å². The van der Waals surface area contributed by atoms with E-state index in [2.05, 4.69) is 31.9 Å². The van der Waals surface area contributed by atoms with Gasteiger partial charge in [-0.05, 0) is 76.1 Å². The molecule has 44 heavy (non-hydrogen) atoms. The maximum absolute atomic E-state index is 14.9. The lowest BCUT2D eigenvalue weighted by Crippen LogP contribution is -2.59. The smallest absolute Gasteiger partial charge is 0.312 e. The molecule has 3 aliphatic heterocycles. The van der Waals surface area contributed by atoms with Crippen molar-refractivity contribution in [3.05, 3.63) is 49.6 Å². The molecule has 242 valence electrons. The lowest BCUT2D eigenvalue weighted by atomic mass is 9.62. The largest absolute Gasteiger partial charge is 0.465 e. The second-order valence-electron chi connectivity index (χ2n) is 13.1. The van der Waals surface area contributed by atoms with Gasteiger partial charge in [-0.1, -0.05) is 32.9 Å². The van der Waals surface area contributed by atoms with Gasteiger partial charge in [0.25, 0.3) is 5.91 Å². The fourth-order valence-corrected chi connectivity index (χ4v) is 7.89. The van der Waals surface area contributed by atoms with Gasteiger partial charge in [0.1, 0.15) is 17.6 Å². The Morgan fingerprint density at radius 2 is 1.80 bits per heavy atom. The van der Waals surface area contributed by atoms with E-state index >= 15 is 0 Å². The molecule has 2 bridgehead atoms. The third-order valence-corrected chi connectivity index (χ3v) is 10.0. The van der Waals surface area contributed by atoms with Gasteiger partial charge in [0.15, 0.2) is 0 Å². The van der Waals surface area contributed by atoms with E-state index in [9.17, 15) is 19.5 Å². The molecule has 9 heteroatoms. The number of fused-ring (bicyclic) bond motifs is 1. The van der Waals surface area contributed by atoms with Crippen LogP contribution in [0.5, 0.6) is 0 Å². The number of aliphatic hydroxyl groups excluding tert-OH is 1. The predicted molar refractivity (Wildman–Crippen MR) is 172 cm³/mol. The van der Waals surface area contributed by atoms with Crippen LogP contribution in [0, 0.1) is 23.7 Å². The molecule has 2 amide bonds. The van der Waals surface area contributed by atoms with E-state index in [1.54, 1.807) is 22.0 Å². The van der Waals surface area contributed by atoms with Gasteiger partial charge >= 0.3 is 5.97 Å². The first kappa shape index (κ1) is 33.7. The molecule has 0 radical (unpaired) electrons. The van der Waals surface area contributed by atoms with Gasteiger partial charge in [-0.3, -0.25) is 14.4 Å². The van der Waals surface area contributed by atoms with E-state index in [1.807, 2.05) is 52.0 Å². The zero-order valence-electron chi connectivity index (χ0n) is 27.3. The second-order valence-corrected chi connectivity index (χ2v) is 13.1. The van der Waals surface area contributed by atoms with Crippen molar-refractivity contribution in [3.63, 3.8) is 0 Å². The summed E-state index contributed by atoms with van der Waals surface area (Å²) in [6.07, 6.45) is 4.77. The van der Waals surface area contributed by atoms with Crippen LogP contribution in [-0.2, 0) is 23.9 Å². The highest BCUT2D eigenvalue weighted by Crippen LogP contribution is 2.66. The summed E-state index contributed by atoms with van der Waals surface area (Å²) in [6.45, 7) is 21.5. The molecule has 9 nitrogen and oxygen atoms in total. The Kier molecular flexibility index (Phi) is 10.3. The van der Waals surface area contributed by atoms with Crippen molar-refractivity contribution in [2.45, 2.75) is 84.1 Å². The van der Waals surface area contributed by atoms with Gasteiger partial charge in [-0.2, -0.15) is 0 Å². The summed E-state index contributed by atoms with van der Waals surface area (Å²) in [7, 11) is 0. The van der Waals surface area contributed by atoms with Crippen molar-refractivity contribution < 1.29 is 29.0 Å². The zero-order chi connectivity index (χ0) is 32.4. The number of aliphatic hydroxyl groups is 1. The van der Waals surface area contributed by atoms with Crippen molar-refractivity contribution >= 4 is 29.2 Å². The van der Waals surface area contributed by atoms with E-state index in [0.29, 0.717) is 24.9 Å². The molecular formula is C35H51N3O6. The maximum Gasteiger partial charge on any atom is 0.312 e. The molecule has 3 fully saturated rings. The minimum Gasteiger partial charge on any atom is -0.465 e. The van der Waals surface area contributed by atoms with Crippen molar-refractivity contribution in [2.75, 3.05) is 42.6 Å². The molecule has 3 unspecified atom stereocenters. The quantitative estimate of drug-likeness (QED) is 0.176. The van der Waals surface area contributed by atoms with Crippen LogP contribution in [0.3, 0.4) is 0 Å². The Bertz CT molecular complexity index is 1230. The number of benzene rings is 1. The molecule has 3 saturated heterocycles. The van der Waals surface area contributed by atoms with Crippen molar-refractivity contribution in [3.8, 4) is 0 Å². The van der Waals surface area contributed by atoms with E-state index in [4.69, 9.17) is 9.47 Å². The monoisotopic (exact) mass is 609 g/mol. The van der Waals surface area contributed by atoms with E-state index < -0.39 is 41.1 Å². The lowest BCUT2D eigenvalue weighted by molar-refractivity contribution is -0.162. The van der Waals surface area contributed by atoms with Crippen molar-refractivity contribution in [2.24, 2.45) is 23.7 Å². The summed E-state index contributed by atoms with van der Waals surface area (Å²) in [5, 5.41) is 10.6. The Balaban J connectivity index is 1.82. The Labute approximate surface area is 262 Å². The molecule has 3 aliphatic rings. The van der Waals surface area contributed by atoms with Crippen LogP contribution in [0.4, 0.5) is 11.4 Å². The number of esters is 1. The van der Waals surface area contributed by atoms with Gasteiger partial charge in [-0.25, -0.2) is 0 Å². The van der Waals surface area contributed by atoms with Crippen molar-refractivity contribution in [1.29, 1.82) is 0 Å². The van der Waals surface area contributed by atoms with Gasteiger partial charge in [0, 0.05) is 31.0 Å². The fourth-order valence-electron chi connectivity index (χ4n) is 7.89. The first-order chi connectivity index (χ1) is 20.9. The molecule has 0 saturated carbocycles. The molecule has 4 rings (SSSR count). The lowest BCUT2D eigenvalue weighted by Gasteiger charge is -2.40. The van der Waals surface area contributed by atoms with E-state index in [-0.39, 0.29) is 43.4 Å². The fraction of sp³-hybridized carbons (Fsp3) is 0.629. The molecule has 0 aromatic heterocycles. The number of hydrogen-bond acceptors (Lipinski definition) is 7. The number of hydrogen-bond donors (Lipinski definition) is 1. The first-order valence-electron chi connectivity index (χ1n) is 16.1. The van der Waals surface area contributed by atoms with Crippen LogP contribution in [0.25, 0.3) is 0 Å². The van der Waals surface area contributed by atoms with Gasteiger partial charge < -0.3 is 29.3 Å². The third-order valence-electron chi connectivity index (χ3n) is 10.0. The highest BCUT2D eigenvalue weighted by molar-refractivity contribution is 6.05. The molecule has 7 atom stereocenters. The Morgan fingerprint density at radius 3 is 2.34 bits per heavy atom. The molecule has 1 N–H and O–H groups in total. The van der Waals surface area contributed by atoms with Crippen LogP contribution in [0.15, 0.2) is 49.6 Å². The normalized spacial score (nSPS) is 29.5. The molecule has 1 aromatic rings. The van der Waals surface area contributed by atoms with Crippen molar-refractivity contribution in [1.82, 2.24) is 4.90 Å². The third kappa shape index (κ3) is 5.58. The average molecular weight is 610 g/mol. The molecule has 1 spiro atoms. The number of rotatable bonds is 15. The number of carbonyl (C=O) groups is 3. The molecule has 3 heterocycles. The number of likely N-dealkylation sites (tertiary alicyclic amines) is 1. The van der Waals surface area contributed by atoms with Crippen LogP contribution in [0.1, 0.15) is 60.8 Å². The van der Waals surface area contributed by atoms with Crippen LogP contribution < -0.4 is 9.80 Å². The average Bonchev–Trinajstić information content (AvgIpc) is 3.51. The summed E-state index contributed by atoms with van der Waals surface area (Å²) < 4.78 is 12.5. The Hall–Kier alpha value is -3.17. The van der Waals surface area contributed by atoms with E-state index in [1.165, 1.54) is 0 Å². The van der Waals surface area contributed by atoms with Gasteiger partial charge in [-0.15, -0.1) is 13.2 Å². The van der Waals surface area contributed by atoms with E-state index in [0.717, 1.165) is 18.8 Å².